The standard InChI is InChI=1S/C17H17N3S.C2H4O2/c1-3-7-15-13(5-1)17(20-11-9-18-10-12-20)19-14-6-2-4-8-16(14)21-15;1-2(3)4/h1-8,18H,9-12H2;1H3,(H,3,4). The van der Waals surface area contributed by atoms with E-state index in [-0.39, 0.29) is 0 Å². The first-order chi connectivity index (χ1) is 12.1. The van der Waals surface area contributed by atoms with Crippen LogP contribution >= 0.6 is 11.8 Å². The summed E-state index contributed by atoms with van der Waals surface area (Å²) < 4.78 is 0. The van der Waals surface area contributed by atoms with Gasteiger partial charge in [-0.3, -0.25) is 4.79 Å². The van der Waals surface area contributed by atoms with Crippen molar-refractivity contribution in [2.45, 2.75) is 16.7 Å². The number of benzene rings is 2. The van der Waals surface area contributed by atoms with Crippen molar-refractivity contribution in [1.82, 2.24) is 10.2 Å². The number of aliphatic carboxylic acids is 1. The molecule has 1 fully saturated rings. The van der Waals surface area contributed by atoms with Crippen LogP contribution in [0.3, 0.4) is 0 Å². The highest BCUT2D eigenvalue weighted by Crippen LogP contribution is 2.40. The summed E-state index contributed by atoms with van der Waals surface area (Å²) in [5, 5.41) is 10.8. The summed E-state index contributed by atoms with van der Waals surface area (Å²) in [4.78, 5) is 18.9. The molecule has 130 valence electrons. The summed E-state index contributed by atoms with van der Waals surface area (Å²) in [7, 11) is 0. The first-order valence-corrected chi connectivity index (χ1v) is 9.07. The lowest BCUT2D eigenvalue weighted by Gasteiger charge is -2.30. The Kier molecular flexibility index (Phi) is 5.73. The molecule has 0 bridgehead atoms. The second-order valence-corrected chi connectivity index (χ2v) is 6.84. The number of hydrogen-bond acceptors (Lipinski definition) is 5. The van der Waals surface area contributed by atoms with E-state index in [1.54, 1.807) is 0 Å². The summed E-state index contributed by atoms with van der Waals surface area (Å²) in [5.74, 6) is 0.282. The van der Waals surface area contributed by atoms with Crippen molar-refractivity contribution in [3.8, 4) is 0 Å². The monoisotopic (exact) mass is 355 g/mol. The zero-order valence-corrected chi connectivity index (χ0v) is 14.9. The summed E-state index contributed by atoms with van der Waals surface area (Å²) in [5.41, 5.74) is 2.33. The molecule has 25 heavy (non-hydrogen) atoms. The molecule has 0 atom stereocenters. The fourth-order valence-electron chi connectivity index (χ4n) is 2.79. The number of carboxylic acid groups (broad SMARTS) is 1. The molecule has 0 spiro atoms. The third-order valence-corrected chi connectivity index (χ3v) is 5.00. The quantitative estimate of drug-likeness (QED) is 0.760. The van der Waals surface area contributed by atoms with Gasteiger partial charge in [-0.15, -0.1) is 0 Å². The van der Waals surface area contributed by atoms with Gasteiger partial charge in [0.2, 0.25) is 0 Å². The number of fused-ring (bicyclic) bond motifs is 2. The average Bonchev–Trinajstić information content (AvgIpc) is 2.78. The van der Waals surface area contributed by atoms with Gasteiger partial charge in [0, 0.05) is 48.5 Å². The number of nitrogens with zero attached hydrogens (tertiary/aromatic N) is 2. The minimum absolute atomic E-state index is 0.833. The van der Waals surface area contributed by atoms with Crippen molar-refractivity contribution < 1.29 is 9.90 Å². The first kappa shape index (κ1) is 17.5. The molecule has 0 aromatic heterocycles. The highest BCUT2D eigenvalue weighted by Gasteiger charge is 2.22. The summed E-state index contributed by atoms with van der Waals surface area (Å²) >= 11 is 1.81. The lowest BCUT2D eigenvalue weighted by Crippen LogP contribution is -2.46. The number of carboxylic acids is 1. The van der Waals surface area contributed by atoms with Gasteiger partial charge in [0.15, 0.2) is 0 Å². The molecular formula is C19H21N3O2S. The predicted molar refractivity (Wildman–Crippen MR) is 101 cm³/mol. The van der Waals surface area contributed by atoms with Crippen molar-refractivity contribution in [2.75, 3.05) is 26.2 Å². The molecule has 0 aliphatic carbocycles. The normalized spacial score (nSPS) is 15.7. The molecule has 6 heteroatoms. The predicted octanol–water partition coefficient (Wildman–Crippen LogP) is 3.23. The van der Waals surface area contributed by atoms with Crippen LogP contribution < -0.4 is 5.32 Å². The molecule has 5 nitrogen and oxygen atoms in total. The molecule has 0 saturated carbocycles. The van der Waals surface area contributed by atoms with Crippen LogP contribution in [0.25, 0.3) is 0 Å². The van der Waals surface area contributed by atoms with Crippen LogP contribution in [0.1, 0.15) is 12.5 Å². The molecule has 2 aromatic carbocycles. The fraction of sp³-hybridized carbons (Fsp3) is 0.263. The molecule has 2 aliphatic rings. The molecule has 2 heterocycles. The minimum atomic E-state index is -0.833. The topological polar surface area (TPSA) is 64.9 Å². The van der Waals surface area contributed by atoms with E-state index < -0.39 is 5.97 Å². The number of nitrogens with one attached hydrogen (secondary N) is 1. The maximum atomic E-state index is 9.00. The van der Waals surface area contributed by atoms with E-state index in [1.807, 2.05) is 11.8 Å². The Labute approximate surface area is 151 Å². The molecule has 0 unspecified atom stereocenters. The number of carbonyl (C=O) groups is 1. The van der Waals surface area contributed by atoms with Crippen LogP contribution in [0.2, 0.25) is 0 Å². The Balaban J connectivity index is 0.000000415. The van der Waals surface area contributed by atoms with Crippen LogP contribution in [0, 0.1) is 0 Å². The maximum Gasteiger partial charge on any atom is 0.300 e. The Morgan fingerprint density at radius 2 is 1.68 bits per heavy atom. The zero-order chi connectivity index (χ0) is 17.6. The molecule has 4 rings (SSSR count). The molecule has 2 aliphatic heterocycles. The summed E-state index contributed by atoms with van der Waals surface area (Å²) in [6.07, 6.45) is 0. The molecule has 0 radical (unpaired) electrons. The van der Waals surface area contributed by atoms with Crippen LogP contribution in [-0.4, -0.2) is 48.0 Å². The van der Waals surface area contributed by atoms with Crippen molar-refractivity contribution >= 4 is 29.3 Å². The van der Waals surface area contributed by atoms with Gasteiger partial charge < -0.3 is 15.3 Å². The van der Waals surface area contributed by atoms with Crippen molar-refractivity contribution in [1.29, 1.82) is 0 Å². The van der Waals surface area contributed by atoms with Gasteiger partial charge in [-0.1, -0.05) is 42.1 Å². The van der Waals surface area contributed by atoms with E-state index in [0.717, 1.165) is 44.6 Å². The van der Waals surface area contributed by atoms with Gasteiger partial charge in [0.25, 0.3) is 5.97 Å². The number of amidine groups is 1. The van der Waals surface area contributed by atoms with Crippen molar-refractivity contribution in [2.24, 2.45) is 4.99 Å². The van der Waals surface area contributed by atoms with Crippen LogP contribution in [0.15, 0.2) is 63.3 Å². The van der Waals surface area contributed by atoms with Crippen molar-refractivity contribution in [3.05, 3.63) is 54.1 Å². The van der Waals surface area contributed by atoms with E-state index in [1.165, 1.54) is 15.4 Å². The fourth-order valence-corrected chi connectivity index (χ4v) is 3.80. The molecule has 1 saturated heterocycles. The maximum absolute atomic E-state index is 9.00. The van der Waals surface area contributed by atoms with Gasteiger partial charge in [0.05, 0.1) is 5.69 Å². The molecule has 2 N–H and O–H groups in total. The van der Waals surface area contributed by atoms with E-state index >= 15 is 0 Å². The Morgan fingerprint density at radius 3 is 2.40 bits per heavy atom. The zero-order valence-electron chi connectivity index (χ0n) is 14.1. The summed E-state index contributed by atoms with van der Waals surface area (Å²) in [6.45, 7) is 5.16. The van der Waals surface area contributed by atoms with Crippen molar-refractivity contribution in [3.63, 3.8) is 0 Å². The van der Waals surface area contributed by atoms with Gasteiger partial charge in [-0.2, -0.15) is 0 Å². The number of rotatable bonds is 0. The molecule has 2 aromatic rings. The number of aliphatic imine (C=N–C) groups is 1. The molecule has 0 amide bonds. The smallest absolute Gasteiger partial charge is 0.300 e. The lowest BCUT2D eigenvalue weighted by molar-refractivity contribution is -0.134. The third kappa shape index (κ3) is 4.41. The van der Waals surface area contributed by atoms with Crippen LogP contribution in [-0.2, 0) is 4.79 Å². The Morgan fingerprint density at radius 1 is 1.08 bits per heavy atom. The largest absolute Gasteiger partial charge is 0.481 e. The number of para-hydroxylation sites is 1. The van der Waals surface area contributed by atoms with E-state index in [2.05, 4.69) is 58.7 Å². The average molecular weight is 355 g/mol. The van der Waals surface area contributed by atoms with Gasteiger partial charge in [-0.05, 0) is 18.2 Å². The third-order valence-electron chi connectivity index (χ3n) is 3.86. The first-order valence-electron chi connectivity index (χ1n) is 8.25. The second-order valence-electron chi connectivity index (χ2n) is 5.76. The van der Waals surface area contributed by atoms with Crippen LogP contribution in [0.4, 0.5) is 5.69 Å². The van der Waals surface area contributed by atoms with Gasteiger partial charge in [-0.25, -0.2) is 4.99 Å². The number of hydrogen-bond donors (Lipinski definition) is 2. The van der Waals surface area contributed by atoms with Gasteiger partial charge in [0.1, 0.15) is 5.84 Å². The summed E-state index contributed by atoms with van der Waals surface area (Å²) in [6, 6.07) is 17.0. The van der Waals surface area contributed by atoms with Gasteiger partial charge >= 0.3 is 0 Å². The highest BCUT2D eigenvalue weighted by atomic mass is 32.2. The second kappa shape index (κ2) is 8.18. The van der Waals surface area contributed by atoms with E-state index in [9.17, 15) is 0 Å². The lowest BCUT2D eigenvalue weighted by atomic mass is 10.1. The van der Waals surface area contributed by atoms with E-state index in [4.69, 9.17) is 14.9 Å². The van der Waals surface area contributed by atoms with E-state index in [0.29, 0.717) is 0 Å². The highest BCUT2D eigenvalue weighted by molar-refractivity contribution is 7.99. The SMILES string of the molecule is CC(=O)O.c1ccc2c(c1)N=C(N1CCNCC1)c1ccccc1S2. The Hall–Kier alpha value is -2.31. The minimum Gasteiger partial charge on any atom is -0.481 e. The molecular weight excluding hydrogens is 334 g/mol. The number of piperazine rings is 1. The van der Waals surface area contributed by atoms with Crippen LogP contribution in [0.5, 0.6) is 0 Å². The Bertz CT molecular complexity index is 782.